The van der Waals surface area contributed by atoms with Gasteiger partial charge in [-0.15, -0.1) is 0 Å². The Hall–Kier alpha value is -4.68. The van der Waals surface area contributed by atoms with Crippen LogP contribution in [0.1, 0.15) is 34.2 Å². The lowest BCUT2D eigenvalue weighted by Gasteiger charge is -2.37. The highest BCUT2D eigenvalue weighted by Crippen LogP contribution is 2.32. The zero-order valence-electron chi connectivity index (χ0n) is 26.9. The van der Waals surface area contributed by atoms with Crippen LogP contribution in [-0.2, 0) is 40.5 Å². The molecule has 0 aliphatic heterocycles. The summed E-state index contributed by atoms with van der Waals surface area (Å²) < 4.78 is 31.9. The lowest BCUT2D eigenvalue weighted by molar-refractivity contribution is -0.121. The van der Waals surface area contributed by atoms with Crippen molar-refractivity contribution in [2.75, 3.05) is 13.7 Å². The Balaban J connectivity index is 1.27. The molecule has 5 aromatic carbocycles. The number of methoxy groups -OCH3 is 1. The van der Waals surface area contributed by atoms with Crippen molar-refractivity contribution < 1.29 is 23.7 Å². The fourth-order valence-corrected chi connectivity index (χ4v) is 5.84. The van der Waals surface area contributed by atoms with E-state index in [0.29, 0.717) is 32.8 Å². The minimum absolute atomic E-state index is 0.238. The van der Waals surface area contributed by atoms with Gasteiger partial charge in [-0.2, -0.15) is 0 Å². The molecule has 47 heavy (non-hydrogen) atoms. The maximum Gasteiger partial charge on any atom is 0.146 e. The van der Waals surface area contributed by atoms with Crippen molar-refractivity contribution in [2.24, 2.45) is 0 Å². The van der Waals surface area contributed by atoms with E-state index in [1.165, 1.54) is 5.56 Å². The van der Waals surface area contributed by atoms with Crippen molar-refractivity contribution in [1.82, 2.24) is 0 Å². The summed E-state index contributed by atoms with van der Waals surface area (Å²) >= 11 is 0. The number of para-hydroxylation sites is 1. The van der Waals surface area contributed by atoms with Gasteiger partial charge in [-0.1, -0.05) is 121 Å². The summed E-state index contributed by atoms with van der Waals surface area (Å²) in [6.07, 6.45) is 2.64. The van der Waals surface area contributed by atoms with Crippen molar-refractivity contribution in [3.05, 3.63) is 179 Å². The number of ether oxygens (including phenoxy) is 5. The molecule has 0 radical (unpaired) electrons. The van der Waals surface area contributed by atoms with Gasteiger partial charge in [-0.05, 0) is 64.1 Å². The number of rotatable bonds is 15. The van der Waals surface area contributed by atoms with Gasteiger partial charge in [0, 0.05) is 6.42 Å². The molecule has 5 heteroatoms. The molecule has 0 saturated carbocycles. The highest BCUT2D eigenvalue weighted by Gasteiger charge is 2.37. The maximum atomic E-state index is 6.92. The van der Waals surface area contributed by atoms with E-state index in [-0.39, 0.29) is 18.3 Å². The third kappa shape index (κ3) is 9.43. The first-order chi connectivity index (χ1) is 23.2. The SMILES string of the molecule is COc1ccc(Cc2ccccc2O[C@@H]2C=C(COCc3ccccc3)C[C@H](OCc3ccccc3)[C@H]2OCc2ccccc2)cc1. The molecular formula is C42H42O5. The summed E-state index contributed by atoms with van der Waals surface area (Å²) in [6, 6.07) is 47.2. The summed E-state index contributed by atoms with van der Waals surface area (Å²) in [7, 11) is 1.68. The van der Waals surface area contributed by atoms with E-state index >= 15 is 0 Å². The molecule has 0 unspecified atom stereocenters. The molecule has 5 aromatic rings. The van der Waals surface area contributed by atoms with Gasteiger partial charge < -0.3 is 23.7 Å². The van der Waals surface area contributed by atoms with Crippen molar-refractivity contribution in [3.8, 4) is 11.5 Å². The largest absolute Gasteiger partial charge is 0.497 e. The third-order valence-corrected chi connectivity index (χ3v) is 8.33. The predicted octanol–water partition coefficient (Wildman–Crippen LogP) is 8.75. The molecule has 0 heterocycles. The van der Waals surface area contributed by atoms with E-state index in [1.54, 1.807) is 7.11 Å². The van der Waals surface area contributed by atoms with E-state index in [0.717, 1.165) is 45.7 Å². The standard InChI is InChI=1S/C42H42O5/c1-43-38-23-21-32(22-24-38)25-37-19-11-12-20-39(37)47-41-27-36(29-44-28-33-13-5-2-6-14-33)26-40(45-30-34-15-7-3-8-16-34)42(41)46-31-35-17-9-4-10-18-35/h2-24,27,40-42H,25-26,28-31H2,1H3/t40-,41+,42+/m0/s1. The minimum Gasteiger partial charge on any atom is -0.497 e. The zero-order valence-corrected chi connectivity index (χ0v) is 26.9. The van der Waals surface area contributed by atoms with E-state index in [2.05, 4.69) is 66.7 Å². The van der Waals surface area contributed by atoms with Crippen LogP contribution >= 0.6 is 0 Å². The smallest absolute Gasteiger partial charge is 0.146 e. The molecule has 5 nitrogen and oxygen atoms in total. The van der Waals surface area contributed by atoms with Crippen LogP contribution in [0.3, 0.4) is 0 Å². The van der Waals surface area contributed by atoms with Crippen LogP contribution in [0.5, 0.6) is 11.5 Å². The van der Waals surface area contributed by atoms with Crippen LogP contribution in [0.4, 0.5) is 0 Å². The first kappa shape index (κ1) is 32.3. The van der Waals surface area contributed by atoms with Gasteiger partial charge >= 0.3 is 0 Å². The Morgan fingerprint density at radius 2 is 1.13 bits per heavy atom. The molecule has 0 fully saturated rings. The topological polar surface area (TPSA) is 46.2 Å². The maximum absolute atomic E-state index is 6.92. The molecule has 0 amide bonds. The lowest BCUT2D eigenvalue weighted by atomic mass is 9.91. The molecule has 6 rings (SSSR count). The van der Waals surface area contributed by atoms with Crippen LogP contribution in [0, 0.1) is 0 Å². The van der Waals surface area contributed by atoms with Crippen molar-refractivity contribution in [2.45, 2.75) is 51.0 Å². The van der Waals surface area contributed by atoms with Crippen molar-refractivity contribution in [1.29, 1.82) is 0 Å². The van der Waals surface area contributed by atoms with Gasteiger partial charge in [0.15, 0.2) is 0 Å². The minimum atomic E-state index is -0.388. The molecule has 240 valence electrons. The fourth-order valence-electron chi connectivity index (χ4n) is 5.84. The number of hydrogen-bond donors (Lipinski definition) is 0. The molecule has 0 spiro atoms. The van der Waals surface area contributed by atoms with Gasteiger partial charge in [-0.25, -0.2) is 0 Å². The highest BCUT2D eigenvalue weighted by molar-refractivity contribution is 5.39. The normalized spacial score (nSPS) is 17.6. The second-order valence-corrected chi connectivity index (χ2v) is 11.8. The second-order valence-electron chi connectivity index (χ2n) is 11.8. The van der Waals surface area contributed by atoms with Crippen LogP contribution in [0.25, 0.3) is 0 Å². The van der Waals surface area contributed by atoms with Crippen molar-refractivity contribution >= 4 is 0 Å². The fraction of sp³-hybridized carbons (Fsp3) is 0.238. The third-order valence-electron chi connectivity index (χ3n) is 8.33. The Bertz CT molecular complexity index is 1670. The van der Waals surface area contributed by atoms with Crippen LogP contribution in [0.2, 0.25) is 0 Å². The van der Waals surface area contributed by atoms with E-state index in [1.807, 2.05) is 78.9 Å². The van der Waals surface area contributed by atoms with E-state index < -0.39 is 0 Å². The average Bonchev–Trinajstić information content (AvgIpc) is 3.13. The predicted molar refractivity (Wildman–Crippen MR) is 185 cm³/mol. The first-order valence-corrected chi connectivity index (χ1v) is 16.2. The number of hydrogen-bond acceptors (Lipinski definition) is 5. The summed E-state index contributed by atoms with van der Waals surface area (Å²) in [5.41, 5.74) is 6.78. The first-order valence-electron chi connectivity index (χ1n) is 16.2. The van der Waals surface area contributed by atoms with Gasteiger partial charge in [0.2, 0.25) is 0 Å². The Kier molecular flexibility index (Phi) is 11.5. The van der Waals surface area contributed by atoms with E-state index in [4.69, 9.17) is 23.7 Å². The van der Waals surface area contributed by atoms with Crippen LogP contribution < -0.4 is 9.47 Å². The Labute approximate surface area is 278 Å². The lowest BCUT2D eigenvalue weighted by Crippen LogP contribution is -2.46. The average molecular weight is 627 g/mol. The molecule has 0 saturated heterocycles. The highest BCUT2D eigenvalue weighted by atomic mass is 16.6. The molecule has 1 aliphatic rings. The monoisotopic (exact) mass is 626 g/mol. The summed E-state index contributed by atoms with van der Waals surface area (Å²) in [5.74, 6) is 1.67. The Morgan fingerprint density at radius 1 is 0.553 bits per heavy atom. The van der Waals surface area contributed by atoms with Gasteiger partial charge in [-0.3, -0.25) is 0 Å². The molecule has 0 bridgehead atoms. The Morgan fingerprint density at radius 3 is 1.77 bits per heavy atom. The molecule has 3 atom stereocenters. The van der Waals surface area contributed by atoms with Crippen molar-refractivity contribution in [3.63, 3.8) is 0 Å². The van der Waals surface area contributed by atoms with Gasteiger partial charge in [0.05, 0.1) is 39.6 Å². The van der Waals surface area contributed by atoms with Crippen LogP contribution in [-0.4, -0.2) is 32.0 Å². The quantitative estimate of drug-likeness (QED) is 0.109. The zero-order chi connectivity index (χ0) is 32.1. The van der Waals surface area contributed by atoms with E-state index in [9.17, 15) is 0 Å². The summed E-state index contributed by atoms with van der Waals surface area (Å²) in [4.78, 5) is 0. The molecule has 1 aliphatic carbocycles. The second kappa shape index (κ2) is 16.8. The molecular weight excluding hydrogens is 584 g/mol. The molecule has 0 aromatic heterocycles. The van der Waals surface area contributed by atoms with Gasteiger partial charge in [0.25, 0.3) is 0 Å². The van der Waals surface area contributed by atoms with Crippen LogP contribution in [0.15, 0.2) is 151 Å². The number of benzene rings is 5. The molecule has 0 N–H and O–H groups in total. The summed E-state index contributed by atoms with van der Waals surface area (Å²) in [6.45, 7) is 1.96. The van der Waals surface area contributed by atoms with Gasteiger partial charge in [0.1, 0.15) is 23.7 Å². The summed E-state index contributed by atoms with van der Waals surface area (Å²) in [5, 5.41) is 0.